The molecule has 1 heterocycles. The molecule has 1 heteroatoms. The van der Waals surface area contributed by atoms with Gasteiger partial charge in [-0.3, -0.25) is 0 Å². The fourth-order valence-corrected chi connectivity index (χ4v) is 5.72. The Morgan fingerprint density at radius 3 is 1.91 bits per heavy atom. The summed E-state index contributed by atoms with van der Waals surface area (Å²) in [5, 5.41) is 0. The van der Waals surface area contributed by atoms with Crippen LogP contribution in [0.1, 0.15) is 143 Å². The van der Waals surface area contributed by atoms with Gasteiger partial charge in [0, 0.05) is 0 Å². The summed E-state index contributed by atoms with van der Waals surface area (Å²) in [6.07, 6.45) is 32.0. The molecule has 0 bridgehead atoms. The number of allylic oxidation sites excluding steroid dienone is 1. The SMILES string of the molecule is C#CC1C(CCC)C=BC(CCCCCCCCCC)C1CCCCCCCCC(=C)C. The van der Waals surface area contributed by atoms with Crippen molar-refractivity contribution >= 4 is 12.9 Å². The summed E-state index contributed by atoms with van der Waals surface area (Å²) in [5.74, 6) is 8.29. The van der Waals surface area contributed by atoms with Crippen LogP contribution in [0.4, 0.5) is 0 Å². The van der Waals surface area contributed by atoms with Crippen LogP contribution in [0.2, 0.25) is 5.82 Å². The first-order valence-electron chi connectivity index (χ1n) is 14.4. The van der Waals surface area contributed by atoms with Gasteiger partial charge in [-0.25, -0.2) is 0 Å². The quantitative estimate of drug-likeness (QED) is 0.0768. The van der Waals surface area contributed by atoms with Crippen molar-refractivity contribution in [3.8, 4) is 12.3 Å². The zero-order valence-electron chi connectivity index (χ0n) is 22.2. The van der Waals surface area contributed by atoms with Crippen LogP contribution in [0.25, 0.3) is 0 Å². The van der Waals surface area contributed by atoms with Gasteiger partial charge in [-0.2, -0.15) is 0 Å². The minimum atomic E-state index is 0.467. The van der Waals surface area contributed by atoms with Crippen LogP contribution in [-0.2, 0) is 0 Å². The molecule has 0 spiro atoms. The van der Waals surface area contributed by atoms with E-state index in [2.05, 4.69) is 46.2 Å². The van der Waals surface area contributed by atoms with Crippen molar-refractivity contribution in [3.05, 3.63) is 12.2 Å². The molecular formula is C31H55B. The zero-order valence-corrected chi connectivity index (χ0v) is 22.2. The number of terminal acetylenes is 1. The number of hydrogen-bond acceptors (Lipinski definition) is 0. The van der Waals surface area contributed by atoms with Gasteiger partial charge in [-0.05, 0) is 0 Å². The Morgan fingerprint density at radius 2 is 1.34 bits per heavy atom. The van der Waals surface area contributed by atoms with Crippen LogP contribution < -0.4 is 0 Å². The molecule has 1 aliphatic heterocycles. The summed E-state index contributed by atoms with van der Waals surface area (Å²) >= 11 is 0. The summed E-state index contributed by atoms with van der Waals surface area (Å²) in [5.41, 5.74) is 1.33. The van der Waals surface area contributed by atoms with Gasteiger partial charge in [0.1, 0.15) is 0 Å². The second-order valence-electron chi connectivity index (χ2n) is 10.7. The van der Waals surface area contributed by atoms with Gasteiger partial charge in [0.15, 0.2) is 0 Å². The van der Waals surface area contributed by atoms with Gasteiger partial charge >= 0.3 is 204 Å². The van der Waals surface area contributed by atoms with E-state index >= 15 is 0 Å². The fourth-order valence-electron chi connectivity index (χ4n) is 5.72. The Morgan fingerprint density at radius 1 is 0.781 bits per heavy atom. The molecule has 4 atom stereocenters. The molecule has 0 fully saturated rings. The molecular weight excluding hydrogens is 383 g/mol. The fraction of sp³-hybridized carbons (Fsp3) is 0.839. The van der Waals surface area contributed by atoms with E-state index in [1.54, 1.807) is 0 Å². The first-order chi connectivity index (χ1) is 15.6. The van der Waals surface area contributed by atoms with Gasteiger partial charge < -0.3 is 0 Å². The molecule has 0 aromatic rings. The predicted molar refractivity (Wildman–Crippen MR) is 149 cm³/mol. The summed E-state index contributed by atoms with van der Waals surface area (Å²) in [7, 11) is 0. The summed E-state index contributed by atoms with van der Waals surface area (Å²) in [6.45, 7) is 13.4. The van der Waals surface area contributed by atoms with Crippen LogP contribution in [0, 0.1) is 30.1 Å². The van der Waals surface area contributed by atoms with Crippen LogP contribution in [0.3, 0.4) is 0 Å². The van der Waals surface area contributed by atoms with E-state index in [-0.39, 0.29) is 0 Å². The number of unbranched alkanes of at least 4 members (excludes halogenated alkanes) is 12. The van der Waals surface area contributed by atoms with E-state index in [0.717, 1.165) is 11.7 Å². The van der Waals surface area contributed by atoms with Crippen LogP contribution >= 0.6 is 0 Å². The van der Waals surface area contributed by atoms with E-state index < -0.39 is 0 Å². The van der Waals surface area contributed by atoms with Gasteiger partial charge in [0.2, 0.25) is 0 Å². The van der Waals surface area contributed by atoms with Gasteiger partial charge in [0.05, 0.1) is 0 Å². The molecule has 1 aliphatic rings. The van der Waals surface area contributed by atoms with Crippen LogP contribution in [0.5, 0.6) is 0 Å². The van der Waals surface area contributed by atoms with Crippen molar-refractivity contribution in [2.24, 2.45) is 17.8 Å². The third-order valence-corrected chi connectivity index (χ3v) is 7.67. The van der Waals surface area contributed by atoms with Crippen LogP contribution in [0.15, 0.2) is 12.2 Å². The molecule has 32 heavy (non-hydrogen) atoms. The first-order valence-corrected chi connectivity index (χ1v) is 14.4. The normalized spacial score (nSPS) is 22.4. The average molecular weight is 439 g/mol. The van der Waals surface area contributed by atoms with Crippen molar-refractivity contribution in [2.45, 2.75) is 149 Å². The van der Waals surface area contributed by atoms with E-state index in [9.17, 15) is 0 Å². The van der Waals surface area contributed by atoms with Crippen molar-refractivity contribution in [2.75, 3.05) is 0 Å². The van der Waals surface area contributed by atoms with Crippen molar-refractivity contribution in [1.29, 1.82) is 0 Å². The van der Waals surface area contributed by atoms with Gasteiger partial charge in [-0.1, -0.05) is 0 Å². The van der Waals surface area contributed by atoms with E-state index in [1.165, 1.54) is 128 Å². The predicted octanol–water partition coefficient (Wildman–Crippen LogP) is 9.80. The standard InChI is InChI=1S/C31H55B/c1-6-9-10-11-12-13-18-21-25-31-30(29(8-3)28(22-7-2)26-32-31)24-20-17-15-14-16-19-23-27(4)5/h3,26,28-31H,4,6-7,9-25H2,1-2,5H3. The van der Waals surface area contributed by atoms with Gasteiger partial charge in [0.25, 0.3) is 0 Å². The summed E-state index contributed by atoms with van der Waals surface area (Å²) in [4.78, 5) is 0. The topological polar surface area (TPSA) is 0 Å². The molecule has 0 aliphatic carbocycles. The minimum absolute atomic E-state index is 0.467. The third kappa shape index (κ3) is 13.1. The zero-order chi connectivity index (χ0) is 23.4. The number of rotatable bonds is 20. The average Bonchev–Trinajstić information content (AvgIpc) is 2.78. The maximum atomic E-state index is 6.13. The molecule has 0 amide bonds. The molecule has 0 N–H and O–H groups in total. The van der Waals surface area contributed by atoms with Crippen molar-refractivity contribution < 1.29 is 0 Å². The molecule has 0 nitrogen and oxygen atoms in total. The second-order valence-corrected chi connectivity index (χ2v) is 10.7. The molecule has 4 unspecified atom stereocenters. The van der Waals surface area contributed by atoms with Crippen LogP contribution in [-0.4, -0.2) is 12.9 Å². The monoisotopic (exact) mass is 438 g/mol. The Bertz CT molecular complexity index is 525. The molecule has 0 saturated carbocycles. The van der Waals surface area contributed by atoms with E-state index in [4.69, 9.17) is 6.42 Å². The Balaban J connectivity index is 2.41. The second kappa shape index (κ2) is 19.7. The van der Waals surface area contributed by atoms with E-state index in [0.29, 0.717) is 11.8 Å². The molecule has 0 aromatic heterocycles. The summed E-state index contributed by atoms with van der Waals surface area (Å²) < 4.78 is 0. The Hall–Kier alpha value is -0.765. The molecule has 0 aromatic carbocycles. The number of hydrogen-bond donors (Lipinski definition) is 0. The maximum absolute atomic E-state index is 6.13. The molecule has 182 valence electrons. The Kier molecular flexibility index (Phi) is 18.0. The molecule has 0 saturated heterocycles. The van der Waals surface area contributed by atoms with Gasteiger partial charge in [-0.15, -0.1) is 0 Å². The molecule has 0 radical (unpaired) electrons. The third-order valence-electron chi connectivity index (χ3n) is 7.67. The first kappa shape index (κ1) is 29.3. The van der Waals surface area contributed by atoms with E-state index in [1.807, 2.05) is 0 Å². The Labute approximate surface area is 203 Å². The summed E-state index contributed by atoms with van der Waals surface area (Å²) in [6, 6.07) is 0. The van der Waals surface area contributed by atoms with Crippen molar-refractivity contribution in [1.82, 2.24) is 0 Å². The molecule has 1 rings (SSSR count). The van der Waals surface area contributed by atoms with Crippen molar-refractivity contribution in [3.63, 3.8) is 0 Å².